The summed E-state index contributed by atoms with van der Waals surface area (Å²) in [5.41, 5.74) is 2.09. The molecule has 8 heteroatoms. The Morgan fingerprint density at radius 3 is 2.75 bits per heavy atom. The number of fused-ring (bicyclic) bond motifs is 1. The van der Waals surface area contributed by atoms with Crippen molar-refractivity contribution in [3.8, 4) is 0 Å². The fraction of sp³-hybridized carbons (Fsp3) is 0.350. The maximum Gasteiger partial charge on any atom is 0.191 e. The van der Waals surface area contributed by atoms with Crippen LogP contribution in [-0.4, -0.2) is 33.6 Å². The summed E-state index contributed by atoms with van der Waals surface area (Å²) in [7, 11) is 0. The Balaban J connectivity index is 0.00000280. The minimum absolute atomic E-state index is 0. The molecule has 2 N–H and O–H groups in total. The maximum absolute atomic E-state index is 4.71. The van der Waals surface area contributed by atoms with Gasteiger partial charge in [-0.1, -0.05) is 40.2 Å². The zero-order valence-electron chi connectivity index (χ0n) is 16.1. The third-order valence-corrected chi connectivity index (χ3v) is 5.00. The van der Waals surface area contributed by atoms with Crippen LogP contribution in [-0.2, 0) is 6.42 Å². The van der Waals surface area contributed by atoms with Crippen LogP contribution in [0.2, 0.25) is 0 Å². The Morgan fingerprint density at radius 1 is 1.18 bits per heavy atom. The molecule has 1 unspecified atom stereocenters. The molecule has 0 saturated carbocycles. The van der Waals surface area contributed by atoms with Gasteiger partial charge >= 0.3 is 0 Å². The third-order valence-electron chi connectivity index (χ3n) is 4.28. The lowest BCUT2D eigenvalue weighted by molar-refractivity contribution is 0.678. The molecule has 3 rings (SSSR count). The average Bonchev–Trinajstić information content (AvgIpc) is 3.09. The molecule has 0 fully saturated rings. The van der Waals surface area contributed by atoms with Crippen LogP contribution < -0.4 is 10.6 Å². The van der Waals surface area contributed by atoms with Gasteiger partial charge in [0.05, 0.1) is 6.04 Å². The topological polar surface area (TPSA) is 66.6 Å². The van der Waals surface area contributed by atoms with Crippen LogP contribution in [0.1, 0.15) is 37.7 Å². The van der Waals surface area contributed by atoms with Crippen molar-refractivity contribution in [3.63, 3.8) is 0 Å². The summed E-state index contributed by atoms with van der Waals surface area (Å²) in [5.74, 6) is 1.80. The lowest BCUT2D eigenvalue weighted by Gasteiger charge is -2.19. The summed E-state index contributed by atoms with van der Waals surface area (Å²) in [6, 6.07) is 14.3. The molecule has 0 spiro atoms. The molecule has 0 aliphatic heterocycles. The van der Waals surface area contributed by atoms with Gasteiger partial charge in [0.25, 0.3) is 0 Å². The zero-order valence-corrected chi connectivity index (χ0v) is 20.0. The minimum atomic E-state index is 0. The molecule has 28 heavy (non-hydrogen) atoms. The van der Waals surface area contributed by atoms with Gasteiger partial charge < -0.3 is 10.6 Å². The molecule has 3 aromatic rings. The van der Waals surface area contributed by atoms with Crippen LogP contribution in [0.3, 0.4) is 0 Å². The van der Waals surface area contributed by atoms with E-state index < -0.39 is 0 Å². The highest BCUT2D eigenvalue weighted by Gasteiger charge is 2.10. The summed E-state index contributed by atoms with van der Waals surface area (Å²) >= 11 is 3.62. The number of halogens is 2. The third kappa shape index (κ3) is 5.91. The van der Waals surface area contributed by atoms with Crippen LogP contribution in [0.15, 0.2) is 58.1 Å². The number of pyridine rings is 1. The fourth-order valence-corrected chi connectivity index (χ4v) is 3.55. The Morgan fingerprint density at radius 2 is 1.96 bits per heavy atom. The van der Waals surface area contributed by atoms with E-state index in [0.717, 1.165) is 47.8 Å². The van der Waals surface area contributed by atoms with Gasteiger partial charge in [-0.15, -0.1) is 34.2 Å². The Hall–Kier alpha value is -1.68. The molecule has 2 aromatic heterocycles. The molecule has 0 radical (unpaired) electrons. The Bertz CT molecular complexity index is 910. The number of benzene rings is 1. The first-order valence-electron chi connectivity index (χ1n) is 9.27. The highest BCUT2D eigenvalue weighted by atomic mass is 127. The van der Waals surface area contributed by atoms with E-state index in [9.17, 15) is 0 Å². The van der Waals surface area contributed by atoms with E-state index in [1.165, 1.54) is 5.56 Å². The number of rotatable bonds is 7. The first-order chi connectivity index (χ1) is 13.2. The predicted molar refractivity (Wildman–Crippen MR) is 128 cm³/mol. The number of nitrogens with zero attached hydrogens (tertiary/aromatic N) is 4. The van der Waals surface area contributed by atoms with E-state index in [4.69, 9.17) is 4.99 Å². The minimum Gasteiger partial charge on any atom is -0.357 e. The van der Waals surface area contributed by atoms with Gasteiger partial charge in [0, 0.05) is 30.2 Å². The van der Waals surface area contributed by atoms with Crippen molar-refractivity contribution in [2.24, 2.45) is 4.99 Å². The van der Waals surface area contributed by atoms with Gasteiger partial charge in [0.1, 0.15) is 5.82 Å². The normalized spacial score (nSPS) is 12.5. The molecule has 0 amide bonds. The maximum atomic E-state index is 4.71. The van der Waals surface area contributed by atoms with Crippen molar-refractivity contribution in [2.45, 2.75) is 32.7 Å². The molecular formula is C20H26BrIN6. The number of hydrogen-bond donors (Lipinski definition) is 2. The predicted octanol–water partition coefficient (Wildman–Crippen LogP) is 4.36. The fourth-order valence-electron chi connectivity index (χ4n) is 2.92. The first-order valence-corrected chi connectivity index (χ1v) is 10.1. The van der Waals surface area contributed by atoms with Gasteiger partial charge in [-0.05, 0) is 44.0 Å². The standard InChI is InChI=1S/C20H25BrN6.HI/c1-3-22-20(24-15(2)16-9-4-5-10-17(16)21)23-13-8-12-19-26-25-18-11-6-7-14-27(18)19;/h4-7,9-11,14-15H,3,8,12-13H2,1-2H3,(H2,22,23,24);1H. The number of guanidine groups is 1. The molecule has 6 nitrogen and oxygen atoms in total. The molecule has 0 saturated heterocycles. The van der Waals surface area contributed by atoms with Gasteiger partial charge in [-0.25, -0.2) is 0 Å². The molecule has 0 aliphatic rings. The second kappa shape index (κ2) is 11.4. The van der Waals surface area contributed by atoms with Crippen molar-refractivity contribution in [2.75, 3.05) is 13.1 Å². The largest absolute Gasteiger partial charge is 0.357 e. The second-order valence-corrected chi connectivity index (χ2v) is 7.15. The molecule has 0 aliphatic carbocycles. The highest BCUT2D eigenvalue weighted by Crippen LogP contribution is 2.22. The number of nitrogens with one attached hydrogen (secondary N) is 2. The van der Waals surface area contributed by atoms with Crippen molar-refractivity contribution in [3.05, 3.63) is 64.5 Å². The first kappa shape index (κ1) is 22.6. The average molecular weight is 557 g/mol. The summed E-state index contributed by atoms with van der Waals surface area (Å²) in [4.78, 5) is 4.71. The smallest absolute Gasteiger partial charge is 0.191 e. The number of aliphatic imine (C=N–C) groups is 1. The van der Waals surface area contributed by atoms with E-state index in [0.29, 0.717) is 0 Å². The monoisotopic (exact) mass is 556 g/mol. The van der Waals surface area contributed by atoms with Gasteiger partial charge in [-0.2, -0.15) is 0 Å². The van der Waals surface area contributed by atoms with Crippen LogP contribution in [0.5, 0.6) is 0 Å². The van der Waals surface area contributed by atoms with Crippen LogP contribution in [0.4, 0.5) is 0 Å². The van der Waals surface area contributed by atoms with Crippen molar-refractivity contribution >= 4 is 51.5 Å². The molecule has 1 aromatic carbocycles. The van der Waals surface area contributed by atoms with E-state index in [-0.39, 0.29) is 30.0 Å². The summed E-state index contributed by atoms with van der Waals surface area (Å²) in [5, 5.41) is 15.3. The molecule has 0 bridgehead atoms. The molecule has 150 valence electrons. The molecule has 1 atom stereocenters. The van der Waals surface area contributed by atoms with E-state index >= 15 is 0 Å². The lowest BCUT2D eigenvalue weighted by atomic mass is 10.1. The number of aromatic nitrogens is 3. The SMILES string of the molecule is CCNC(=NCCCc1nnc2ccccn12)NC(C)c1ccccc1Br.I. The Kier molecular flexibility index (Phi) is 9.17. The highest BCUT2D eigenvalue weighted by molar-refractivity contribution is 14.0. The Labute approximate surface area is 191 Å². The van der Waals surface area contributed by atoms with Gasteiger partial charge in [0.2, 0.25) is 0 Å². The van der Waals surface area contributed by atoms with Crippen molar-refractivity contribution < 1.29 is 0 Å². The summed E-state index contributed by atoms with van der Waals surface area (Å²) < 4.78 is 3.13. The molecular weight excluding hydrogens is 531 g/mol. The van der Waals surface area contributed by atoms with Gasteiger partial charge in [0.15, 0.2) is 11.6 Å². The van der Waals surface area contributed by atoms with Crippen molar-refractivity contribution in [1.82, 2.24) is 25.2 Å². The lowest BCUT2D eigenvalue weighted by Crippen LogP contribution is -2.38. The number of hydrogen-bond acceptors (Lipinski definition) is 3. The van der Waals surface area contributed by atoms with E-state index in [2.05, 4.69) is 62.7 Å². The second-order valence-electron chi connectivity index (χ2n) is 6.30. The van der Waals surface area contributed by atoms with Crippen molar-refractivity contribution in [1.29, 1.82) is 0 Å². The summed E-state index contributed by atoms with van der Waals surface area (Å²) in [6.45, 7) is 5.75. The van der Waals surface area contributed by atoms with Crippen LogP contribution in [0, 0.1) is 0 Å². The van der Waals surface area contributed by atoms with Gasteiger partial charge in [-0.3, -0.25) is 9.39 Å². The van der Waals surface area contributed by atoms with Crippen LogP contribution in [0.25, 0.3) is 5.65 Å². The van der Waals surface area contributed by atoms with E-state index in [1.807, 2.05) is 40.9 Å². The number of aryl methyl sites for hydroxylation is 1. The zero-order chi connectivity index (χ0) is 19.1. The van der Waals surface area contributed by atoms with Crippen LogP contribution >= 0.6 is 39.9 Å². The van der Waals surface area contributed by atoms with E-state index in [1.54, 1.807) is 0 Å². The summed E-state index contributed by atoms with van der Waals surface area (Å²) in [6.07, 6.45) is 3.75. The molecule has 2 heterocycles. The quantitative estimate of drug-likeness (QED) is 0.196.